The van der Waals surface area contributed by atoms with Crippen molar-refractivity contribution in [3.8, 4) is 0 Å². The average Bonchev–Trinajstić information content (AvgIpc) is 2.59. The fourth-order valence-corrected chi connectivity index (χ4v) is 1.96. The lowest BCUT2D eigenvalue weighted by Gasteiger charge is -2.19. The Kier molecular flexibility index (Phi) is 5.08. The molecule has 94 valence electrons. The van der Waals surface area contributed by atoms with Crippen LogP contribution < -0.4 is 5.32 Å². The molecule has 0 radical (unpaired) electrons. The van der Waals surface area contributed by atoms with E-state index in [4.69, 9.17) is 4.74 Å². The molecule has 1 rings (SSSR count). The normalized spacial score (nSPS) is 11.8. The number of ether oxygens (including phenoxy) is 1. The molecule has 0 saturated heterocycles. The highest BCUT2D eigenvalue weighted by Crippen LogP contribution is 2.22. The summed E-state index contributed by atoms with van der Waals surface area (Å²) < 4.78 is 5.16. The molecule has 17 heavy (non-hydrogen) atoms. The molecule has 1 aromatic heterocycles. The van der Waals surface area contributed by atoms with Crippen molar-refractivity contribution in [2.24, 2.45) is 0 Å². The zero-order valence-electron chi connectivity index (χ0n) is 10.2. The van der Waals surface area contributed by atoms with Crippen LogP contribution in [0.25, 0.3) is 6.08 Å². The summed E-state index contributed by atoms with van der Waals surface area (Å²) in [5.41, 5.74) is 0.575. The van der Waals surface area contributed by atoms with Crippen LogP contribution in [0.2, 0.25) is 0 Å². The lowest BCUT2D eigenvalue weighted by Crippen LogP contribution is -2.26. The predicted molar refractivity (Wildman–Crippen MR) is 77.1 cm³/mol. The molecule has 1 aromatic rings. The predicted octanol–water partition coefficient (Wildman–Crippen LogP) is 4.04. The third-order valence-corrected chi connectivity index (χ3v) is 2.73. The average molecular weight is 271 g/mol. The first-order valence-electron chi connectivity index (χ1n) is 5.26. The summed E-state index contributed by atoms with van der Waals surface area (Å²) in [4.78, 5) is 11.5. The molecule has 0 aliphatic carbocycles. The molecule has 0 bridgehead atoms. The van der Waals surface area contributed by atoms with Crippen molar-refractivity contribution in [3.63, 3.8) is 0 Å². The van der Waals surface area contributed by atoms with Crippen LogP contribution in [-0.2, 0) is 4.74 Å². The molecule has 0 aliphatic rings. The topological polar surface area (TPSA) is 38.3 Å². The number of thiol groups is 1. The summed E-state index contributed by atoms with van der Waals surface area (Å²) in [6, 6.07) is 1.90. The lowest BCUT2D eigenvalue weighted by atomic mass is 10.2. The van der Waals surface area contributed by atoms with Gasteiger partial charge in [-0.25, -0.2) is 4.79 Å². The van der Waals surface area contributed by atoms with Crippen molar-refractivity contribution in [1.29, 1.82) is 0 Å². The molecule has 5 heteroatoms. The van der Waals surface area contributed by atoms with Gasteiger partial charge >= 0.3 is 6.09 Å². The Balaban J connectivity index is 2.55. The maximum absolute atomic E-state index is 11.5. The van der Waals surface area contributed by atoms with E-state index in [9.17, 15) is 4.79 Å². The maximum atomic E-state index is 11.5. The fourth-order valence-electron chi connectivity index (χ4n) is 1.10. The Morgan fingerprint density at radius 2 is 2.29 bits per heavy atom. The number of amides is 1. The molecule has 0 aromatic carbocycles. The van der Waals surface area contributed by atoms with E-state index in [2.05, 4.69) is 17.9 Å². The first-order chi connectivity index (χ1) is 7.90. The second kappa shape index (κ2) is 6.12. The van der Waals surface area contributed by atoms with Gasteiger partial charge in [-0.15, -0.1) is 11.3 Å². The highest BCUT2D eigenvalue weighted by Gasteiger charge is 2.16. The Morgan fingerprint density at radius 1 is 1.59 bits per heavy atom. The number of hydrogen-bond donors (Lipinski definition) is 2. The summed E-state index contributed by atoms with van der Waals surface area (Å²) in [6.07, 6.45) is 3.48. The molecular weight excluding hydrogens is 254 g/mol. The quantitative estimate of drug-likeness (QED) is 0.814. The highest BCUT2D eigenvalue weighted by molar-refractivity contribution is 7.80. The summed E-state index contributed by atoms with van der Waals surface area (Å²) in [7, 11) is 0. The van der Waals surface area contributed by atoms with Gasteiger partial charge in [-0.1, -0.05) is 12.2 Å². The molecule has 3 nitrogen and oxygen atoms in total. The summed E-state index contributed by atoms with van der Waals surface area (Å²) in [5.74, 6) is 0.699. The van der Waals surface area contributed by atoms with Gasteiger partial charge in [-0.3, -0.25) is 5.32 Å². The number of thiophene rings is 1. The number of carbonyl (C=O) groups is 1. The van der Waals surface area contributed by atoms with E-state index in [1.165, 1.54) is 11.3 Å². The second-order valence-corrected chi connectivity index (χ2v) is 5.73. The van der Waals surface area contributed by atoms with Crippen LogP contribution in [0.4, 0.5) is 9.80 Å². The zero-order valence-corrected chi connectivity index (χ0v) is 11.9. The van der Waals surface area contributed by atoms with Crippen LogP contribution >= 0.6 is 24.0 Å². The molecule has 0 spiro atoms. The monoisotopic (exact) mass is 271 g/mol. The minimum absolute atomic E-state index is 0.427. The smallest absolute Gasteiger partial charge is 0.412 e. The molecule has 1 amide bonds. The summed E-state index contributed by atoms with van der Waals surface area (Å²) in [5, 5.41) is 5.44. The Bertz CT molecular complexity index is 405. The number of hydrogen-bond acceptors (Lipinski definition) is 4. The first-order valence-corrected chi connectivity index (χ1v) is 6.78. The minimum Gasteiger partial charge on any atom is -0.444 e. The first kappa shape index (κ1) is 14.1. The van der Waals surface area contributed by atoms with Crippen LogP contribution in [0.1, 0.15) is 26.3 Å². The molecule has 1 N–H and O–H groups in total. The van der Waals surface area contributed by atoms with Crippen LogP contribution in [-0.4, -0.2) is 17.4 Å². The van der Waals surface area contributed by atoms with Gasteiger partial charge in [0, 0.05) is 11.1 Å². The largest absolute Gasteiger partial charge is 0.444 e. The van der Waals surface area contributed by atoms with Crippen molar-refractivity contribution in [2.75, 3.05) is 11.1 Å². The SMILES string of the molecule is CC(C)(C)OC(=O)Nc1cc(C=CCS)cs1. The number of nitrogens with one attached hydrogen (secondary N) is 1. The number of carbonyl (C=O) groups excluding carboxylic acids is 1. The number of anilines is 1. The van der Waals surface area contributed by atoms with Crippen molar-refractivity contribution in [2.45, 2.75) is 26.4 Å². The molecule has 0 atom stereocenters. The van der Waals surface area contributed by atoms with Crippen molar-refractivity contribution in [3.05, 3.63) is 23.1 Å². The number of rotatable bonds is 3. The van der Waals surface area contributed by atoms with Crippen LogP contribution in [0, 0.1) is 0 Å². The third kappa shape index (κ3) is 5.79. The van der Waals surface area contributed by atoms with E-state index < -0.39 is 11.7 Å². The van der Waals surface area contributed by atoms with Crippen LogP contribution in [0.15, 0.2) is 17.5 Å². The van der Waals surface area contributed by atoms with Crippen molar-refractivity contribution in [1.82, 2.24) is 0 Å². The van der Waals surface area contributed by atoms with Gasteiger partial charge in [-0.05, 0) is 32.4 Å². The van der Waals surface area contributed by atoms with Gasteiger partial charge in [0.1, 0.15) is 5.60 Å². The van der Waals surface area contributed by atoms with Gasteiger partial charge in [0.05, 0.1) is 5.00 Å². The molecule has 0 saturated carbocycles. The van der Waals surface area contributed by atoms with Crippen LogP contribution in [0.5, 0.6) is 0 Å². The maximum Gasteiger partial charge on any atom is 0.412 e. The Labute approximate surface area is 111 Å². The van der Waals surface area contributed by atoms with Crippen molar-refractivity contribution < 1.29 is 9.53 Å². The second-order valence-electron chi connectivity index (χ2n) is 4.46. The van der Waals surface area contributed by atoms with E-state index in [-0.39, 0.29) is 0 Å². The van der Waals surface area contributed by atoms with Gasteiger partial charge in [-0.2, -0.15) is 12.6 Å². The fraction of sp³-hybridized carbons (Fsp3) is 0.417. The minimum atomic E-state index is -0.476. The standard InChI is InChI=1S/C12H17NO2S2/c1-12(2,3)15-11(14)13-10-7-9(8-17-10)5-4-6-16/h4-5,7-8,16H,6H2,1-3H3,(H,13,14). The third-order valence-electron chi connectivity index (χ3n) is 1.66. The van der Waals surface area contributed by atoms with Crippen LogP contribution in [0.3, 0.4) is 0 Å². The lowest BCUT2D eigenvalue weighted by molar-refractivity contribution is 0.0636. The van der Waals surface area contributed by atoms with E-state index in [0.29, 0.717) is 5.75 Å². The van der Waals surface area contributed by atoms with E-state index in [1.807, 2.05) is 44.4 Å². The molecule has 0 aliphatic heterocycles. The van der Waals surface area contributed by atoms with Gasteiger partial charge in [0.2, 0.25) is 0 Å². The molecule has 0 fully saturated rings. The molecule has 0 unspecified atom stereocenters. The molecule has 1 heterocycles. The van der Waals surface area contributed by atoms with Gasteiger partial charge < -0.3 is 4.74 Å². The molecular formula is C12H17NO2S2. The Hall–Kier alpha value is -0.940. The van der Waals surface area contributed by atoms with Gasteiger partial charge in [0.15, 0.2) is 0 Å². The summed E-state index contributed by atoms with van der Waals surface area (Å²) >= 11 is 5.55. The Morgan fingerprint density at radius 3 is 2.88 bits per heavy atom. The van der Waals surface area contributed by atoms with E-state index in [1.54, 1.807) is 0 Å². The van der Waals surface area contributed by atoms with E-state index >= 15 is 0 Å². The zero-order chi connectivity index (χ0) is 12.9. The van der Waals surface area contributed by atoms with Gasteiger partial charge in [0.25, 0.3) is 0 Å². The van der Waals surface area contributed by atoms with Crippen molar-refractivity contribution >= 4 is 41.1 Å². The summed E-state index contributed by atoms with van der Waals surface area (Å²) in [6.45, 7) is 5.51. The highest BCUT2D eigenvalue weighted by atomic mass is 32.1. The van der Waals surface area contributed by atoms with E-state index in [0.717, 1.165) is 10.6 Å².